The Bertz CT molecular complexity index is 303. The first kappa shape index (κ1) is 14.8. The van der Waals surface area contributed by atoms with Crippen molar-refractivity contribution in [2.24, 2.45) is 23.7 Å². The van der Waals surface area contributed by atoms with Crippen molar-refractivity contribution in [3.63, 3.8) is 0 Å². The Kier molecular flexibility index (Phi) is 5.26. The predicted octanol–water partition coefficient (Wildman–Crippen LogP) is 3.29. The third-order valence-corrected chi connectivity index (χ3v) is 5.29. The van der Waals surface area contributed by atoms with Crippen LogP contribution < -0.4 is 5.32 Å². The molecule has 2 aliphatic carbocycles. The van der Waals surface area contributed by atoms with Gasteiger partial charge >= 0.3 is 5.97 Å². The molecule has 0 radical (unpaired) electrons. The van der Waals surface area contributed by atoms with Crippen molar-refractivity contribution in [2.45, 2.75) is 64.8 Å². The van der Waals surface area contributed by atoms with Crippen molar-refractivity contribution in [3.8, 4) is 0 Å². The van der Waals surface area contributed by atoms with Gasteiger partial charge in [0.25, 0.3) is 0 Å². The number of hydrogen-bond acceptors (Lipinski definition) is 2. The molecule has 0 aromatic carbocycles. The van der Waals surface area contributed by atoms with E-state index < -0.39 is 5.97 Å². The van der Waals surface area contributed by atoms with Gasteiger partial charge in [-0.2, -0.15) is 0 Å². The summed E-state index contributed by atoms with van der Waals surface area (Å²) in [6.07, 6.45) is 8.34. The number of nitrogens with one attached hydrogen (secondary N) is 1. The molecule has 0 heterocycles. The minimum atomic E-state index is -0.589. The second kappa shape index (κ2) is 6.74. The molecular formula is C16H29NO2. The smallest absolute Gasteiger partial charge is 0.306 e. The second-order valence-electron chi connectivity index (χ2n) is 6.84. The van der Waals surface area contributed by atoms with Crippen molar-refractivity contribution in [3.05, 3.63) is 0 Å². The number of rotatable bonds is 5. The molecule has 3 nitrogen and oxygen atoms in total. The van der Waals surface area contributed by atoms with Crippen LogP contribution in [-0.2, 0) is 4.79 Å². The fourth-order valence-corrected chi connectivity index (χ4v) is 4.12. The van der Waals surface area contributed by atoms with E-state index in [0.717, 1.165) is 37.6 Å². The number of carbonyl (C=O) groups is 1. The molecule has 2 fully saturated rings. The number of aliphatic carboxylic acids is 1. The Labute approximate surface area is 117 Å². The molecule has 0 saturated heterocycles. The van der Waals surface area contributed by atoms with Gasteiger partial charge < -0.3 is 10.4 Å². The molecule has 0 spiro atoms. The number of carboxylic acids is 1. The Balaban J connectivity index is 1.84. The molecule has 0 aliphatic heterocycles. The third kappa shape index (κ3) is 3.71. The fourth-order valence-electron chi connectivity index (χ4n) is 4.12. The average Bonchev–Trinajstić information content (AvgIpc) is 2.85. The zero-order valence-electron chi connectivity index (χ0n) is 12.4. The molecule has 0 aromatic heterocycles. The van der Waals surface area contributed by atoms with Crippen LogP contribution >= 0.6 is 0 Å². The van der Waals surface area contributed by atoms with Crippen molar-refractivity contribution >= 4 is 5.97 Å². The summed E-state index contributed by atoms with van der Waals surface area (Å²) in [7, 11) is 0. The van der Waals surface area contributed by atoms with Crippen molar-refractivity contribution in [1.29, 1.82) is 0 Å². The van der Waals surface area contributed by atoms with Gasteiger partial charge in [-0.1, -0.05) is 33.1 Å². The maximum Gasteiger partial charge on any atom is 0.306 e. The quantitative estimate of drug-likeness (QED) is 0.803. The average molecular weight is 267 g/mol. The van der Waals surface area contributed by atoms with Crippen LogP contribution in [0.15, 0.2) is 0 Å². The summed E-state index contributed by atoms with van der Waals surface area (Å²) in [4.78, 5) is 11.2. The molecule has 3 heteroatoms. The topological polar surface area (TPSA) is 49.3 Å². The minimum absolute atomic E-state index is 0.103. The molecule has 0 aromatic rings. The largest absolute Gasteiger partial charge is 0.481 e. The molecule has 4 unspecified atom stereocenters. The van der Waals surface area contributed by atoms with Gasteiger partial charge in [-0.3, -0.25) is 4.79 Å². The molecule has 19 heavy (non-hydrogen) atoms. The predicted molar refractivity (Wildman–Crippen MR) is 77.1 cm³/mol. The summed E-state index contributed by atoms with van der Waals surface area (Å²) in [6, 6.07) is 0.615. The van der Waals surface area contributed by atoms with Crippen LogP contribution in [0, 0.1) is 23.7 Å². The first-order chi connectivity index (χ1) is 9.09. The highest BCUT2D eigenvalue weighted by Gasteiger charge is 2.34. The highest BCUT2D eigenvalue weighted by molar-refractivity contribution is 5.70. The summed E-state index contributed by atoms with van der Waals surface area (Å²) in [5.41, 5.74) is 0. The molecule has 2 N–H and O–H groups in total. The molecule has 2 rings (SSSR count). The lowest BCUT2D eigenvalue weighted by atomic mass is 9.77. The number of carboxylic acid groups (broad SMARTS) is 1. The molecular weight excluding hydrogens is 238 g/mol. The van der Waals surface area contributed by atoms with E-state index in [1.54, 1.807) is 0 Å². The lowest BCUT2D eigenvalue weighted by molar-refractivity contribution is -0.142. The lowest BCUT2D eigenvalue weighted by Gasteiger charge is -2.36. The Hall–Kier alpha value is -0.570. The summed E-state index contributed by atoms with van der Waals surface area (Å²) >= 11 is 0. The van der Waals surface area contributed by atoms with Gasteiger partial charge in [0.05, 0.1) is 5.92 Å². The van der Waals surface area contributed by atoms with Crippen molar-refractivity contribution in [1.82, 2.24) is 5.32 Å². The van der Waals surface area contributed by atoms with Crippen LogP contribution in [0.3, 0.4) is 0 Å². The van der Waals surface area contributed by atoms with Crippen molar-refractivity contribution in [2.75, 3.05) is 6.54 Å². The minimum Gasteiger partial charge on any atom is -0.481 e. The Morgan fingerprint density at radius 2 is 1.89 bits per heavy atom. The van der Waals surface area contributed by atoms with E-state index in [2.05, 4.69) is 19.2 Å². The molecule has 4 atom stereocenters. The van der Waals surface area contributed by atoms with Gasteiger partial charge in [0.1, 0.15) is 0 Å². The maximum absolute atomic E-state index is 11.2. The zero-order chi connectivity index (χ0) is 13.8. The van der Waals surface area contributed by atoms with Crippen LogP contribution in [0.5, 0.6) is 0 Å². The van der Waals surface area contributed by atoms with Gasteiger partial charge in [-0.05, 0) is 50.0 Å². The van der Waals surface area contributed by atoms with E-state index in [0.29, 0.717) is 12.0 Å². The van der Waals surface area contributed by atoms with Crippen LogP contribution in [0.4, 0.5) is 0 Å². The first-order valence-electron chi connectivity index (χ1n) is 8.05. The molecule has 0 bridgehead atoms. The van der Waals surface area contributed by atoms with E-state index in [9.17, 15) is 9.90 Å². The van der Waals surface area contributed by atoms with Gasteiger partial charge in [0.2, 0.25) is 0 Å². The highest BCUT2D eigenvalue weighted by Crippen LogP contribution is 2.33. The summed E-state index contributed by atoms with van der Waals surface area (Å²) in [6.45, 7) is 5.55. The SMILES string of the molecule is CC(C)C1CCCCC1NCC1CCCC1C(=O)O. The van der Waals surface area contributed by atoms with Gasteiger partial charge in [-0.25, -0.2) is 0 Å². The fraction of sp³-hybridized carbons (Fsp3) is 0.938. The first-order valence-corrected chi connectivity index (χ1v) is 8.05. The van der Waals surface area contributed by atoms with E-state index >= 15 is 0 Å². The summed E-state index contributed by atoms with van der Waals surface area (Å²) in [5, 5.41) is 12.9. The van der Waals surface area contributed by atoms with E-state index in [-0.39, 0.29) is 5.92 Å². The van der Waals surface area contributed by atoms with Crippen LogP contribution in [-0.4, -0.2) is 23.7 Å². The summed E-state index contributed by atoms with van der Waals surface area (Å²) < 4.78 is 0. The van der Waals surface area contributed by atoms with Crippen LogP contribution in [0.1, 0.15) is 58.8 Å². The lowest BCUT2D eigenvalue weighted by Crippen LogP contribution is -2.43. The van der Waals surface area contributed by atoms with Crippen LogP contribution in [0.2, 0.25) is 0 Å². The van der Waals surface area contributed by atoms with E-state index in [1.807, 2.05) is 0 Å². The molecule has 2 saturated carbocycles. The van der Waals surface area contributed by atoms with Crippen LogP contribution in [0.25, 0.3) is 0 Å². The maximum atomic E-state index is 11.2. The van der Waals surface area contributed by atoms with Crippen molar-refractivity contribution < 1.29 is 9.90 Å². The normalized spacial score (nSPS) is 35.7. The second-order valence-corrected chi connectivity index (χ2v) is 6.84. The highest BCUT2D eigenvalue weighted by atomic mass is 16.4. The van der Waals surface area contributed by atoms with Gasteiger partial charge in [-0.15, -0.1) is 0 Å². The summed E-state index contributed by atoms with van der Waals surface area (Å²) in [5.74, 6) is 1.17. The molecule has 2 aliphatic rings. The monoisotopic (exact) mass is 267 g/mol. The van der Waals surface area contributed by atoms with E-state index in [1.165, 1.54) is 25.7 Å². The van der Waals surface area contributed by atoms with E-state index in [4.69, 9.17) is 0 Å². The third-order valence-electron chi connectivity index (χ3n) is 5.29. The van der Waals surface area contributed by atoms with Gasteiger partial charge in [0, 0.05) is 6.04 Å². The zero-order valence-corrected chi connectivity index (χ0v) is 12.4. The number of hydrogen-bond donors (Lipinski definition) is 2. The Morgan fingerprint density at radius 1 is 1.16 bits per heavy atom. The molecule has 110 valence electrons. The standard InChI is InChI=1S/C16H29NO2/c1-11(2)13-7-3-4-9-15(13)17-10-12-6-5-8-14(12)16(18)19/h11-15,17H,3-10H2,1-2H3,(H,18,19). The van der Waals surface area contributed by atoms with Gasteiger partial charge in [0.15, 0.2) is 0 Å². The Morgan fingerprint density at radius 3 is 2.58 bits per heavy atom. The molecule has 0 amide bonds.